The van der Waals surface area contributed by atoms with E-state index in [0.29, 0.717) is 5.75 Å². The molecule has 0 fully saturated rings. The number of benzene rings is 2. The number of para-hydroxylation sites is 1. The van der Waals surface area contributed by atoms with Gasteiger partial charge in [0.25, 0.3) is 0 Å². The third-order valence-corrected chi connectivity index (χ3v) is 1.97. The Morgan fingerprint density at radius 1 is 1.00 bits per heavy atom. The number of ether oxygens (including phenoxy) is 1. The molecule has 15 heavy (non-hydrogen) atoms. The molecule has 0 aromatic heterocycles. The average molecular weight is 201 g/mol. The Kier molecular flexibility index (Phi) is 2.68. The van der Waals surface area contributed by atoms with E-state index < -0.39 is 0 Å². The molecule has 0 N–H and O–H groups in total. The van der Waals surface area contributed by atoms with Gasteiger partial charge in [0.1, 0.15) is 5.75 Å². The summed E-state index contributed by atoms with van der Waals surface area (Å²) in [7, 11) is 0. The summed E-state index contributed by atoms with van der Waals surface area (Å²) in [5.74, 6) is 0.432. The summed E-state index contributed by atoms with van der Waals surface area (Å²) in [5, 5.41) is 0. The molecule has 0 amide bonds. The summed E-state index contributed by atoms with van der Waals surface area (Å²) in [6.07, 6.45) is 0. The third kappa shape index (κ3) is 2.34. The predicted molar refractivity (Wildman–Crippen MR) is 57.4 cm³/mol. The Balaban J connectivity index is 2.28. The summed E-state index contributed by atoms with van der Waals surface area (Å²) in [4.78, 5) is 0. The molecule has 2 aromatic carbocycles. The van der Waals surface area contributed by atoms with Crippen molar-refractivity contribution >= 4 is 0 Å². The fourth-order valence-corrected chi connectivity index (χ4v) is 1.24. The fraction of sp³-hybridized carbons (Fsp3) is 0. The Morgan fingerprint density at radius 3 is 2.47 bits per heavy atom. The molecule has 0 aliphatic heterocycles. The fourth-order valence-electron chi connectivity index (χ4n) is 1.24. The Labute approximate surface area is 88.1 Å². The molecule has 2 rings (SSSR count). The summed E-state index contributed by atoms with van der Waals surface area (Å²) in [5.41, 5.74) is 0.724. The van der Waals surface area contributed by atoms with Crippen molar-refractivity contribution in [2.24, 2.45) is 0 Å². The van der Waals surface area contributed by atoms with Crippen molar-refractivity contribution in [2.45, 2.75) is 0 Å². The van der Waals surface area contributed by atoms with Crippen molar-refractivity contribution in [3.63, 3.8) is 0 Å². The number of hydrogen-bond acceptors (Lipinski definition) is 1. The molecule has 0 bridgehead atoms. The first kappa shape index (κ1) is 9.71. The van der Waals surface area contributed by atoms with Crippen LogP contribution in [0, 0.1) is 12.7 Å². The molecule has 0 unspecified atom stereocenters. The highest BCUT2D eigenvalue weighted by Gasteiger charge is 2.03. The van der Waals surface area contributed by atoms with Gasteiger partial charge in [-0.05, 0) is 36.8 Å². The van der Waals surface area contributed by atoms with Crippen LogP contribution in [0.15, 0.2) is 48.5 Å². The molecule has 0 saturated heterocycles. The quantitative estimate of drug-likeness (QED) is 0.718. The van der Waals surface area contributed by atoms with Gasteiger partial charge in [0.05, 0.1) is 0 Å². The van der Waals surface area contributed by atoms with E-state index in [-0.39, 0.29) is 11.6 Å². The number of rotatable bonds is 2. The lowest BCUT2D eigenvalue weighted by Crippen LogP contribution is -1.88. The maximum atomic E-state index is 13.3. The number of halogens is 1. The second-order valence-electron chi connectivity index (χ2n) is 3.18. The van der Waals surface area contributed by atoms with E-state index in [1.165, 1.54) is 6.07 Å². The van der Waals surface area contributed by atoms with E-state index in [4.69, 9.17) is 4.74 Å². The molecule has 0 aliphatic rings. The van der Waals surface area contributed by atoms with Gasteiger partial charge in [0.2, 0.25) is 0 Å². The molecule has 0 atom stereocenters. The Bertz CT molecular complexity index is 451. The van der Waals surface area contributed by atoms with E-state index in [9.17, 15) is 4.39 Å². The van der Waals surface area contributed by atoms with Crippen LogP contribution in [0.3, 0.4) is 0 Å². The van der Waals surface area contributed by atoms with Gasteiger partial charge in [-0.2, -0.15) is 0 Å². The SMILES string of the molecule is [CH2]c1ccc(F)c(Oc2ccccc2)c1. The van der Waals surface area contributed by atoms with Crippen LogP contribution < -0.4 is 4.74 Å². The summed E-state index contributed by atoms with van der Waals surface area (Å²) in [6.45, 7) is 3.72. The van der Waals surface area contributed by atoms with Gasteiger partial charge in [-0.15, -0.1) is 0 Å². The Morgan fingerprint density at radius 2 is 1.73 bits per heavy atom. The minimum atomic E-state index is -0.383. The molecule has 1 nitrogen and oxygen atoms in total. The second-order valence-corrected chi connectivity index (χ2v) is 3.18. The van der Waals surface area contributed by atoms with E-state index >= 15 is 0 Å². The molecule has 1 radical (unpaired) electrons. The monoisotopic (exact) mass is 201 g/mol. The standard InChI is InChI=1S/C13H10FO/c1-10-7-8-12(14)13(9-10)15-11-5-3-2-4-6-11/h2-9H,1H2. The highest BCUT2D eigenvalue weighted by molar-refractivity contribution is 5.35. The second kappa shape index (κ2) is 4.13. The average Bonchev–Trinajstić information content (AvgIpc) is 2.25. The van der Waals surface area contributed by atoms with Crippen LogP contribution in [-0.4, -0.2) is 0 Å². The largest absolute Gasteiger partial charge is 0.454 e. The molecule has 75 valence electrons. The van der Waals surface area contributed by atoms with Crippen LogP contribution in [0.1, 0.15) is 5.56 Å². The molecule has 0 spiro atoms. The highest BCUT2D eigenvalue weighted by Crippen LogP contribution is 2.24. The van der Waals surface area contributed by atoms with Crippen molar-refractivity contribution in [1.82, 2.24) is 0 Å². The zero-order valence-corrected chi connectivity index (χ0v) is 8.11. The van der Waals surface area contributed by atoms with E-state index in [1.54, 1.807) is 24.3 Å². The Hall–Kier alpha value is -1.83. The van der Waals surface area contributed by atoms with E-state index in [1.807, 2.05) is 18.2 Å². The van der Waals surface area contributed by atoms with Crippen LogP contribution in [-0.2, 0) is 0 Å². The first-order chi connectivity index (χ1) is 7.25. The molecule has 2 heteroatoms. The van der Waals surface area contributed by atoms with Crippen LogP contribution >= 0.6 is 0 Å². The van der Waals surface area contributed by atoms with Crippen molar-refractivity contribution in [3.05, 3.63) is 66.8 Å². The lowest BCUT2D eigenvalue weighted by atomic mass is 10.2. The third-order valence-electron chi connectivity index (χ3n) is 1.97. The zero-order valence-electron chi connectivity index (χ0n) is 8.11. The minimum absolute atomic E-state index is 0.203. The maximum Gasteiger partial charge on any atom is 0.165 e. The van der Waals surface area contributed by atoms with Crippen molar-refractivity contribution in [1.29, 1.82) is 0 Å². The minimum Gasteiger partial charge on any atom is -0.454 e. The van der Waals surface area contributed by atoms with Gasteiger partial charge in [-0.3, -0.25) is 0 Å². The maximum absolute atomic E-state index is 13.3. The van der Waals surface area contributed by atoms with Gasteiger partial charge in [0, 0.05) is 0 Å². The van der Waals surface area contributed by atoms with Crippen molar-refractivity contribution < 1.29 is 9.13 Å². The van der Waals surface area contributed by atoms with Crippen LogP contribution in [0.5, 0.6) is 11.5 Å². The molecule has 0 saturated carbocycles. The van der Waals surface area contributed by atoms with Gasteiger partial charge in [-0.25, -0.2) is 4.39 Å². The van der Waals surface area contributed by atoms with Crippen LogP contribution in [0.25, 0.3) is 0 Å². The van der Waals surface area contributed by atoms with Gasteiger partial charge < -0.3 is 4.74 Å². The predicted octanol–water partition coefficient (Wildman–Crippen LogP) is 3.80. The first-order valence-corrected chi connectivity index (χ1v) is 4.60. The van der Waals surface area contributed by atoms with Gasteiger partial charge >= 0.3 is 0 Å². The van der Waals surface area contributed by atoms with E-state index in [2.05, 4.69) is 6.92 Å². The lowest BCUT2D eigenvalue weighted by molar-refractivity contribution is 0.442. The normalized spacial score (nSPS) is 10.0. The first-order valence-electron chi connectivity index (χ1n) is 4.60. The molecular formula is C13H10FO. The van der Waals surface area contributed by atoms with Crippen LogP contribution in [0.2, 0.25) is 0 Å². The van der Waals surface area contributed by atoms with Crippen molar-refractivity contribution in [2.75, 3.05) is 0 Å². The molecule has 0 heterocycles. The summed E-state index contributed by atoms with van der Waals surface area (Å²) in [6, 6.07) is 13.6. The molecular weight excluding hydrogens is 191 g/mol. The summed E-state index contributed by atoms with van der Waals surface area (Å²) >= 11 is 0. The molecule has 2 aromatic rings. The highest BCUT2D eigenvalue weighted by atomic mass is 19.1. The summed E-state index contributed by atoms with van der Waals surface area (Å²) < 4.78 is 18.7. The smallest absolute Gasteiger partial charge is 0.165 e. The van der Waals surface area contributed by atoms with Gasteiger partial charge in [-0.1, -0.05) is 24.3 Å². The van der Waals surface area contributed by atoms with Crippen molar-refractivity contribution in [3.8, 4) is 11.5 Å². The number of hydrogen-bond donors (Lipinski definition) is 0. The van der Waals surface area contributed by atoms with Crippen LogP contribution in [0.4, 0.5) is 4.39 Å². The lowest BCUT2D eigenvalue weighted by Gasteiger charge is -2.06. The topological polar surface area (TPSA) is 9.23 Å². The molecule has 0 aliphatic carbocycles. The van der Waals surface area contributed by atoms with Gasteiger partial charge in [0.15, 0.2) is 11.6 Å². The zero-order chi connectivity index (χ0) is 10.7. The van der Waals surface area contributed by atoms with E-state index in [0.717, 1.165) is 5.56 Å².